The number of benzene rings is 3. The lowest BCUT2D eigenvalue weighted by Crippen LogP contribution is -2.50. The molecule has 0 bridgehead atoms. The van der Waals surface area contributed by atoms with Crippen molar-refractivity contribution >= 4 is 43.5 Å². The first-order valence-electron chi connectivity index (χ1n) is 11.6. The van der Waals surface area contributed by atoms with Gasteiger partial charge in [-0.2, -0.15) is 0 Å². The number of hydrogen-bond donors (Lipinski definition) is 1. The van der Waals surface area contributed by atoms with Gasteiger partial charge in [0.05, 0.1) is 10.6 Å². The van der Waals surface area contributed by atoms with Gasteiger partial charge in [-0.1, -0.05) is 65.3 Å². The Hall–Kier alpha value is -3.17. The van der Waals surface area contributed by atoms with E-state index >= 15 is 0 Å². The third kappa shape index (κ3) is 6.53. The number of nitrogens with one attached hydrogen (secondary N) is 1. The lowest BCUT2D eigenvalue weighted by molar-refractivity contribution is -0.139. The normalized spacial score (nSPS) is 12.0. The first-order chi connectivity index (χ1) is 17.2. The SMILES string of the molecule is CCc1ccc(N(CC(=O)N(Cc2cccc(Br)c2)C(C)C(=O)NC)S(=O)(=O)c2ccccc2)cc1. The molecule has 3 aromatic carbocycles. The Balaban J connectivity index is 2.02. The number of nitrogens with zero attached hydrogens (tertiary/aromatic N) is 2. The maximum Gasteiger partial charge on any atom is 0.264 e. The number of sulfonamides is 1. The monoisotopic (exact) mass is 571 g/mol. The maximum absolute atomic E-state index is 13.7. The van der Waals surface area contributed by atoms with Crippen molar-refractivity contribution in [3.63, 3.8) is 0 Å². The summed E-state index contributed by atoms with van der Waals surface area (Å²) in [6, 6.07) is 21.7. The number of likely N-dealkylation sites (N-methyl/N-ethyl adjacent to an activating group) is 1. The summed E-state index contributed by atoms with van der Waals surface area (Å²) in [7, 11) is -2.55. The first kappa shape index (κ1) is 27.4. The summed E-state index contributed by atoms with van der Waals surface area (Å²) in [5, 5.41) is 2.58. The molecule has 0 fully saturated rings. The van der Waals surface area contributed by atoms with Crippen molar-refractivity contribution in [1.29, 1.82) is 0 Å². The molecule has 1 atom stereocenters. The molecule has 3 aromatic rings. The summed E-state index contributed by atoms with van der Waals surface area (Å²) in [6.45, 7) is 3.32. The predicted molar refractivity (Wildman–Crippen MR) is 145 cm³/mol. The van der Waals surface area contributed by atoms with Crippen LogP contribution in [0.4, 0.5) is 5.69 Å². The Kier molecular flexibility index (Phi) is 9.28. The van der Waals surface area contributed by atoms with Gasteiger partial charge < -0.3 is 10.2 Å². The highest BCUT2D eigenvalue weighted by molar-refractivity contribution is 9.10. The molecule has 0 spiro atoms. The number of carbonyl (C=O) groups excluding carboxylic acids is 2. The van der Waals surface area contributed by atoms with Crippen molar-refractivity contribution in [3.8, 4) is 0 Å². The van der Waals surface area contributed by atoms with E-state index in [9.17, 15) is 18.0 Å². The molecule has 2 amide bonds. The topological polar surface area (TPSA) is 86.8 Å². The van der Waals surface area contributed by atoms with E-state index in [2.05, 4.69) is 21.2 Å². The minimum atomic E-state index is -4.06. The van der Waals surface area contributed by atoms with Crippen molar-refractivity contribution in [2.75, 3.05) is 17.9 Å². The molecule has 1 N–H and O–H groups in total. The number of hydrogen-bond acceptors (Lipinski definition) is 4. The lowest BCUT2D eigenvalue weighted by atomic mass is 10.1. The Morgan fingerprint density at radius 2 is 1.61 bits per heavy atom. The van der Waals surface area contributed by atoms with Crippen molar-refractivity contribution in [2.24, 2.45) is 0 Å². The third-order valence-electron chi connectivity index (χ3n) is 5.90. The van der Waals surface area contributed by atoms with E-state index in [1.807, 2.05) is 43.3 Å². The number of rotatable bonds is 10. The van der Waals surface area contributed by atoms with Crippen LogP contribution in [0.5, 0.6) is 0 Å². The van der Waals surface area contributed by atoms with E-state index in [1.54, 1.807) is 37.3 Å². The minimum absolute atomic E-state index is 0.0789. The van der Waals surface area contributed by atoms with Gasteiger partial charge in [0.15, 0.2) is 0 Å². The fourth-order valence-corrected chi connectivity index (χ4v) is 5.65. The third-order valence-corrected chi connectivity index (χ3v) is 8.18. The van der Waals surface area contributed by atoms with Crippen LogP contribution >= 0.6 is 15.9 Å². The van der Waals surface area contributed by atoms with Gasteiger partial charge in [0.25, 0.3) is 10.0 Å². The largest absolute Gasteiger partial charge is 0.357 e. The second-order valence-corrected chi connectivity index (χ2v) is 11.1. The molecule has 7 nitrogen and oxygen atoms in total. The molecule has 190 valence electrons. The zero-order valence-electron chi connectivity index (χ0n) is 20.5. The molecule has 0 heterocycles. The molecule has 9 heteroatoms. The quantitative estimate of drug-likeness (QED) is 0.391. The summed E-state index contributed by atoms with van der Waals surface area (Å²) in [4.78, 5) is 27.7. The first-order valence-corrected chi connectivity index (χ1v) is 13.8. The van der Waals surface area contributed by atoms with Gasteiger partial charge in [0, 0.05) is 18.1 Å². The second kappa shape index (κ2) is 12.2. The molecule has 0 saturated heterocycles. The van der Waals surface area contributed by atoms with Gasteiger partial charge in [-0.25, -0.2) is 8.42 Å². The van der Waals surface area contributed by atoms with Gasteiger partial charge in [-0.05, 0) is 60.9 Å². The van der Waals surface area contributed by atoms with Crippen LogP contribution in [0.3, 0.4) is 0 Å². The molecule has 0 aliphatic carbocycles. The van der Waals surface area contributed by atoms with Crippen LogP contribution in [-0.4, -0.2) is 44.8 Å². The number of anilines is 1. The highest BCUT2D eigenvalue weighted by Gasteiger charge is 2.32. The molecule has 0 aliphatic heterocycles. The number of carbonyl (C=O) groups is 2. The minimum Gasteiger partial charge on any atom is -0.357 e. The van der Waals surface area contributed by atoms with Crippen LogP contribution in [0.1, 0.15) is 25.0 Å². The van der Waals surface area contributed by atoms with E-state index < -0.39 is 28.5 Å². The zero-order valence-corrected chi connectivity index (χ0v) is 22.9. The van der Waals surface area contributed by atoms with E-state index in [0.717, 1.165) is 26.3 Å². The summed E-state index contributed by atoms with van der Waals surface area (Å²) in [5.74, 6) is -0.840. The van der Waals surface area contributed by atoms with Gasteiger partial charge in [-0.15, -0.1) is 0 Å². The van der Waals surface area contributed by atoms with Crippen molar-refractivity contribution in [3.05, 3.63) is 94.5 Å². The predicted octanol–water partition coefficient (Wildman–Crippen LogP) is 4.37. The Bertz CT molecular complexity index is 1300. The number of amides is 2. The maximum atomic E-state index is 13.7. The Morgan fingerprint density at radius 1 is 0.944 bits per heavy atom. The lowest BCUT2D eigenvalue weighted by Gasteiger charge is -2.31. The average molecular weight is 573 g/mol. The summed E-state index contributed by atoms with van der Waals surface area (Å²) in [5.41, 5.74) is 2.23. The molecule has 36 heavy (non-hydrogen) atoms. The fraction of sp³-hybridized carbons (Fsp3) is 0.259. The standard InChI is InChI=1S/C27H30BrN3O4S/c1-4-21-13-15-24(16-14-21)31(36(34,35)25-11-6-5-7-12-25)19-26(32)30(20(2)27(33)29-3)18-22-9-8-10-23(28)17-22/h5-17,20H,4,18-19H2,1-3H3,(H,29,33). The molecule has 0 aliphatic rings. The Morgan fingerprint density at radius 3 is 2.19 bits per heavy atom. The van der Waals surface area contributed by atoms with Gasteiger partial charge >= 0.3 is 0 Å². The van der Waals surface area contributed by atoms with Crippen LogP contribution < -0.4 is 9.62 Å². The average Bonchev–Trinajstić information content (AvgIpc) is 2.90. The molecule has 0 radical (unpaired) electrons. The molecule has 1 unspecified atom stereocenters. The van der Waals surface area contributed by atoms with Gasteiger partial charge in [0.2, 0.25) is 11.8 Å². The molecular formula is C27H30BrN3O4S. The van der Waals surface area contributed by atoms with Crippen LogP contribution in [0.2, 0.25) is 0 Å². The Labute approximate surface area is 221 Å². The summed E-state index contributed by atoms with van der Waals surface area (Å²) in [6.07, 6.45) is 0.800. The summed E-state index contributed by atoms with van der Waals surface area (Å²) < 4.78 is 29.3. The van der Waals surface area contributed by atoms with E-state index in [0.29, 0.717) is 5.69 Å². The molecule has 0 aromatic heterocycles. The molecule has 0 saturated carbocycles. The van der Waals surface area contributed by atoms with E-state index in [1.165, 1.54) is 24.1 Å². The highest BCUT2D eigenvalue weighted by Crippen LogP contribution is 2.25. The summed E-state index contributed by atoms with van der Waals surface area (Å²) >= 11 is 3.43. The van der Waals surface area contributed by atoms with Crippen molar-refractivity contribution in [1.82, 2.24) is 10.2 Å². The smallest absolute Gasteiger partial charge is 0.264 e. The van der Waals surface area contributed by atoms with Crippen LogP contribution in [-0.2, 0) is 32.6 Å². The van der Waals surface area contributed by atoms with Crippen molar-refractivity contribution < 1.29 is 18.0 Å². The second-order valence-electron chi connectivity index (χ2n) is 8.29. The van der Waals surface area contributed by atoms with E-state index in [-0.39, 0.29) is 17.3 Å². The van der Waals surface area contributed by atoms with Crippen molar-refractivity contribution in [2.45, 2.75) is 37.8 Å². The zero-order chi connectivity index (χ0) is 26.3. The van der Waals surface area contributed by atoms with Crippen LogP contribution in [0.15, 0.2) is 88.2 Å². The molecule has 3 rings (SSSR count). The van der Waals surface area contributed by atoms with Gasteiger partial charge in [0.1, 0.15) is 12.6 Å². The number of halogens is 1. The van der Waals surface area contributed by atoms with Crippen LogP contribution in [0.25, 0.3) is 0 Å². The van der Waals surface area contributed by atoms with E-state index in [4.69, 9.17) is 0 Å². The fourth-order valence-electron chi connectivity index (χ4n) is 3.77. The van der Waals surface area contributed by atoms with Gasteiger partial charge in [-0.3, -0.25) is 13.9 Å². The number of aryl methyl sites for hydroxylation is 1. The molecular weight excluding hydrogens is 542 g/mol. The van der Waals surface area contributed by atoms with Crippen LogP contribution in [0, 0.1) is 0 Å². The highest BCUT2D eigenvalue weighted by atomic mass is 79.9.